The van der Waals surface area contributed by atoms with Crippen molar-refractivity contribution in [3.63, 3.8) is 0 Å². The van der Waals surface area contributed by atoms with Crippen LogP contribution in [0.15, 0.2) is 24.3 Å². The van der Waals surface area contributed by atoms with E-state index in [0.29, 0.717) is 0 Å². The summed E-state index contributed by atoms with van der Waals surface area (Å²) >= 11 is 0. The predicted molar refractivity (Wildman–Crippen MR) is 52.3 cm³/mol. The summed E-state index contributed by atoms with van der Waals surface area (Å²) in [6.45, 7) is 12.0. The van der Waals surface area contributed by atoms with Gasteiger partial charge in [0, 0.05) is 0 Å². The van der Waals surface area contributed by atoms with E-state index in [1.807, 2.05) is 65.8 Å². The Kier molecular flexibility index (Phi) is 63.6. The molecule has 0 radical (unpaired) electrons. The van der Waals surface area contributed by atoms with E-state index in [-0.39, 0.29) is 0 Å². The molecule has 0 saturated carbocycles. The summed E-state index contributed by atoms with van der Waals surface area (Å²) in [6, 6.07) is 0. The van der Waals surface area contributed by atoms with Crippen molar-refractivity contribution in [1.29, 1.82) is 0 Å². The third-order valence-electron chi connectivity index (χ3n) is 0.667. The van der Waals surface area contributed by atoms with Gasteiger partial charge in [0.05, 0.1) is 0 Å². The normalized spacial score (nSPS) is 8.20. The first kappa shape index (κ1) is 16.2. The molecule has 0 bridgehead atoms. The standard InChI is InChI=1S/2C4H8.C2H6/c2*1-3-4-2;1-2/h2*3-4H,1-2H3;1-2H3/b2*4-3+;. The molecule has 0 spiro atoms. The van der Waals surface area contributed by atoms with Crippen molar-refractivity contribution in [2.24, 2.45) is 0 Å². The van der Waals surface area contributed by atoms with Crippen LogP contribution in [0.4, 0.5) is 0 Å². The molecule has 0 aromatic rings. The molecule has 0 heterocycles. The van der Waals surface area contributed by atoms with Crippen LogP contribution in [0.5, 0.6) is 0 Å². The van der Waals surface area contributed by atoms with Crippen LogP contribution in [-0.2, 0) is 0 Å². The van der Waals surface area contributed by atoms with Gasteiger partial charge in [-0.25, -0.2) is 0 Å². The maximum absolute atomic E-state index is 2.00. The van der Waals surface area contributed by atoms with Crippen LogP contribution < -0.4 is 0 Å². The Hall–Kier alpha value is -0.520. The summed E-state index contributed by atoms with van der Waals surface area (Å²) in [6.07, 6.45) is 8.00. The summed E-state index contributed by atoms with van der Waals surface area (Å²) in [4.78, 5) is 0. The van der Waals surface area contributed by atoms with Crippen LogP contribution in [0.3, 0.4) is 0 Å². The Bertz CT molecular complexity index is 40.4. The van der Waals surface area contributed by atoms with E-state index in [0.717, 1.165) is 0 Å². The summed E-state index contributed by atoms with van der Waals surface area (Å²) in [7, 11) is 0. The van der Waals surface area contributed by atoms with Crippen LogP contribution in [0.2, 0.25) is 0 Å². The zero-order chi connectivity index (χ0) is 8.83. The summed E-state index contributed by atoms with van der Waals surface area (Å²) in [5, 5.41) is 0. The monoisotopic (exact) mass is 142 g/mol. The van der Waals surface area contributed by atoms with E-state index in [2.05, 4.69) is 0 Å². The fourth-order valence-corrected chi connectivity index (χ4v) is 0. The number of rotatable bonds is 0. The SMILES string of the molecule is C/C=C/C.C/C=C/C.CC. The summed E-state index contributed by atoms with van der Waals surface area (Å²) < 4.78 is 0. The molecule has 0 aliphatic rings. The number of allylic oxidation sites excluding steroid dienone is 4. The van der Waals surface area contributed by atoms with Gasteiger partial charge < -0.3 is 0 Å². The van der Waals surface area contributed by atoms with Gasteiger partial charge in [-0.1, -0.05) is 38.2 Å². The highest BCUT2D eigenvalue weighted by Gasteiger charge is 1.34. The van der Waals surface area contributed by atoms with Crippen molar-refractivity contribution < 1.29 is 0 Å². The minimum Gasteiger partial charge on any atom is -0.0919 e. The second-order valence-electron chi connectivity index (χ2n) is 1.33. The Labute approximate surface area is 66.7 Å². The van der Waals surface area contributed by atoms with E-state index in [1.54, 1.807) is 0 Å². The topological polar surface area (TPSA) is 0 Å². The molecule has 10 heavy (non-hydrogen) atoms. The van der Waals surface area contributed by atoms with Gasteiger partial charge >= 0.3 is 0 Å². The third-order valence-corrected chi connectivity index (χ3v) is 0.667. The van der Waals surface area contributed by atoms with Gasteiger partial charge in [0.15, 0.2) is 0 Å². The molecule has 0 unspecified atom stereocenters. The first-order chi connectivity index (χ1) is 4.83. The summed E-state index contributed by atoms with van der Waals surface area (Å²) in [5.74, 6) is 0. The fraction of sp³-hybridized carbons (Fsp3) is 0.600. The molecule has 0 aromatic heterocycles. The van der Waals surface area contributed by atoms with Gasteiger partial charge in [-0.2, -0.15) is 0 Å². The van der Waals surface area contributed by atoms with Crippen LogP contribution in [0.1, 0.15) is 41.5 Å². The van der Waals surface area contributed by atoms with Gasteiger partial charge in [-0.05, 0) is 27.7 Å². The van der Waals surface area contributed by atoms with E-state index < -0.39 is 0 Å². The van der Waals surface area contributed by atoms with E-state index in [9.17, 15) is 0 Å². The molecule has 0 N–H and O–H groups in total. The molecular formula is C10H22. The van der Waals surface area contributed by atoms with Crippen molar-refractivity contribution in [2.75, 3.05) is 0 Å². The first-order valence-electron chi connectivity index (χ1n) is 3.98. The zero-order valence-corrected chi connectivity index (χ0v) is 8.31. The van der Waals surface area contributed by atoms with Crippen LogP contribution in [0, 0.1) is 0 Å². The molecule has 0 aromatic carbocycles. The first-order valence-corrected chi connectivity index (χ1v) is 3.98. The van der Waals surface area contributed by atoms with Gasteiger partial charge in [0.2, 0.25) is 0 Å². The second kappa shape index (κ2) is 39.2. The lowest BCUT2D eigenvalue weighted by Crippen LogP contribution is -1.26. The lowest BCUT2D eigenvalue weighted by atomic mass is 10.6. The Morgan fingerprint density at radius 1 is 0.500 bits per heavy atom. The van der Waals surface area contributed by atoms with Crippen molar-refractivity contribution >= 4 is 0 Å². The molecule has 0 aliphatic carbocycles. The smallest absolute Gasteiger partial charge is 0.0470 e. The molecule has 0 aliphatic heterocycles. The molecule has 0 amide bonds. The van der Waals surface area contributed by atoms with Gasteiger partial charge in [-0.3, -0.25) is 0 Å². The molecular weight excluding hydrogens is 120 g/mol. The highest BCUT2D eigenvalue weighted by molar-refractivity contribution is 4.68. The Balaban J connectivity index is -0.0000000787. The van der Waals surface area contributed by atoms with Crippen molar-refractivity contribution in [3.05, 3.63) is 24.3 Å². The number of hydrogen-bond acceptors (Lipinski definition) is 0. The van der Waals surface area contributed by atoms with E-state index >= 15 is 0 Å². The van der Waals surface area contributed by atoms with Crippen molar-refractivity contribution in [2.45, 2.75) is 41.5 Å². The lowest BCUT2D eigenvalue weighted by molar-refractivity contribution is 1.50. The van der Waals surface area contributed by atoms with Crippen molar-refractivity contribution in [3.8, 4) is 0 Å². The van der Waals surface area contributed by atoms with Gasteiger partial charge in [-0.15, -0.1) is 0 Å². The largest absolute Gasteiger partial charge is 0.0919 e. The highest BCUT2D eigenvalue weighted by Crippen LogP contribution is 1.57. The van der Waals surface area contributed by atoms with E-state index in [4.69, 9.17) is 0 Å². The fourth-order valence-electron chi connectivity index (χ4n) is 0. The van der Waals surface area contributed by atoms with Gasteiger partial charge in [0.1, 0.15) is 0 Å². The second-order valence-corrected chi connectivity index (χ2v) is 1.33. The Morgan fingerprint density at radius 3 is 0.600 bits per heavy atom. The third kappa shape index (κ3) is 143. The maximum atomic E-state index is 2.00. The van der Waals surface area contributed by atoms with Crippen molar-refractivity contribution in [1.82, 2.24) is 0 Å². The minimum absolute atomic E-state index is 2.00. The Morgan fingerprint density at radius 2 is 0.600 bits per heavy atom. The molecule has 0 rings (SSSR count). The lowest BCUT2D eigenvalue weighted by Gasteiger charge is -1.49. The molecule has 0 atom stereocenters. The average molecular weight is 142 g/mol. The van der Waals surface area contributed by atoms with Crippen LogP contribution in [-0.4, -0.2) is 0 Å². The summed E-state index contributed by atoms with van der Waals surface area (Å²) in [5.41, 5.74) is 0. The molecule has 0 saturated heterocycles. The minimum atomic E-state index is 2.00. The van der Waals surface area contributed by atoms with Crippen LogP contribution >= 0.6 is 0 Å². The highest BCUT2D eigenvalue weighted by atomic mass is 13.4. The number of hydrogen-bond donors (Lipinski definition) is 0. The maximum Gasteiger partial charge on any atom is -0.0470 e. The molecule has 62 valence electrons. The molecule has 0 fully saturated rings. The molecule has 0 heteroatoms. The van der Waals surface area contributed by atoms with Crippen LogP contribution in [0.25, 0.3) is 0 Å². The average Bonchev–Trinajstić information content (AvgIpc) is 2.08. The predicted octanol–water partition coefficient (Wildman–Crippen LogP) is 4.19. The zero-order valence-electron chi connectivity index (χ0n) is 8.31. The van der Waals surface area contributed by atoms with E-state index in [1.165, 1.54) is 0 Å². The molecule has 0 nitrogen and oxygen atoms in total. The quantitative estimate of drug-likeness (QED) is 0.445. The van der Waals surface area contributed by atoms with Gasteiger partial charge in [0.25, 0.3) is 0 Å².